The highest BCUT2D eigenvalue weighted by Crippen LogP contribution is 2.58. The van der Waals surface area contributed by atoms with Gasteiger partial charge in [0.2, 0.25) is 0 Å². The van der Waals surface area contributed by atoms with Crippen LogP contribution in [0.3, 0.4) is 0 Å². The summed E-state index contributed by atoms with van der Waals surface area (Å²) in [6, 6.07) is 9.01. The number of hydrogen-bond donors (Lipinski definition) is 2. The van der Waals surface area contributed by atoms with Gasteiger partial charge in [-0.1, -0.05) is 29.6 Å². The van der Waals surface area contributed by atoms with Gasteiger partial charge in [0.1, 0.15) is 22.6 Å². The highest BCUT2D eigenvalue weighted by molar-refractivity contribution is 7.97. The molecule has 3 atom stereocenters. The van der Waals surface area contributed by atoms with E-state index in [0.717, 1.165) is 41.7 Å². The number of aromatic nitrogens is 5. The topological polar surface area (TPSA) is 118 Å². The average molecular weight is 591 g/mol. The Morgan fingerprint density at radius 3 is 2.59 bits per heavy atom. The highest BCUT2D eigenvalue weighted by Gasteiger charge is 2.58. The normalized spacial score (nSPS) is 20.1. The predicted octanol–water partition coefficient (Wildman–Crippen LogP) is 4.42. The van der Waals surface area contributed by atoms with E-state index in [0.29, 0.717) is 28.4 Å². The molecule has 2 N–H and O–H groups in total. The van der Waals surface area contributed by atoms with Crippen LogP contribution in [-0.2, 0) is 7.05 Å². The summed E-state index contributed by atoms with van der Waals surface area (Å²) in [6.07, 6.45) is 3.56. The Bertz CT molecular complexity index is 1730. The molecule has 4 aromatic rings. The molecule has 2 fully saturated rings. The molecule has 4 heterocycles. The molecule has 12 heteroatoms. The quantitative estimate of drug-likeness (QED) is 0.238. The zero-order valence-corrected chi connectivity index (χ0v) is 25.0. The van der Waals surface area contributed by atoms with Crippen molar-refractivity contribution in [3.63, 3.8) is 0 Å². The Morgan fingerprint density at radius 2 is 1.88 bits per heavy atom. The van der Waals surface area contributed by atoms with Crippen molar-refractivity contribution in [1.82, 2.24) is 29.2 Å². The largest absolute Gasteiger partial charge is 0.377 e. The first-order valence-corrected chi connectivity index (χ1v) is 15.1. The number of nitrogens with zero attached hydrogens (tertiary/aromatic N) is 6. The monoisotopic (exact) mass is 590 g/mol. The number of pyridine rings is 1. The third-order valence-corrected chi connectivity index (χ3v) is 8.68. The van der Waals surface area contributed by atoms with Gasteiger partial charge in [0.05, 0.1) is 22.6 Å². The lowest BCUT2D eigenvalue weighted by molar-refractivity contribution is 0.0980. The van der Waals surface area contributed by atoms with Gasteiger partial charge in [-0.05, 0) is 62.4 Å². The molecule has 1 amide bonds. The van der Waals surface area contributed by atoms with Crippen LogP contribution in [0, 0.1) is 25.7 Å². The molecule has 3 unspecified atom stereocenters. The van der Waals surface area contributed by atoms with Gasteiger partial charge in [-0.15, -0.1) is 0 Å². The smallest absolute Gasteiger partial charge is 0.281 e. The van der Waals surface area contributed by atoms with Gasteiger partial charge in [0.15, 0.2) is 5.69 Å². The van der Waals surface area contributed by atoms with Gasteiger partial charge in [0, 0.05) is 44.1 Å². The summed E-state index contributed by atoms with van der Waals surface area (Å²) >= 11 is 7.30. The van der Waals surface area contributed by atoms with Crippen molar-refractivity contribution >= 4 is 51.9 Å². The van der Waals surface area contributed by atoms with Crippen LogP contribution in [-0.4, -0.2) is 49.8 Å². The predicted molar refractivity (Wildman–Crippen MR) is 163 cm³/mol. The van der Waals surface area contributed by atoms with E-state index in [2.05, 4.69) is 29.9 Å². The first-order valence-electron chi connectivity index (χ1n) is 13.5. The fourth-order valence-electron chi connectivity index (χ4n) is 6.09. The van der Waals surface area contributed by atoms with E-state index in [-0.39, 0.29) is 34.3 Å². The molecule has 1 aliphatic carbocycles. The lowest BCUT2D eigenvalue weighted by atomic mass is 10.0. The van der Waals surface area contributed by atoms with Crippen molar-refractivity contribution in [2.75, 3.05) is 29.6 Å². The molecule has 2 aliphatic rings. The third-order valence-electron chi connectivity index (χ3n) is 8.08. The second-order valence-corrected chi connectivity index (χ2v) is 11.8. The fourth-order valence-corrected chi connectivity index (χ4v) is 6.52. The van der Waals surface area contributed by atoms with Crippen molar-refractivity contribution in [2.45, 2.75) is 32.7 Å². The first kappa shape index (κ1) is 27.5. The maximum Gasteiger partial charge on any atom is 0.281 e. The molecular weight excluding hydrogens is 560 g/mol. The van der Waals surface area contributed by atoms with Crippen molar-refractivity contribution in [3.8, 4) is 0 Å². The van der Waals surface area contributed by atoms with Crippen LogP contribution in [0.25, 0.3) is 10.9 Å². The van der Waals surface area contributed by atoms with Crippen LogP contribution in [0.4, 0.5) is 11.5 Å². The molecule has 3 aromatic heterocycles. The zero-order chi connectivity index (χ0) is 29.0. The number of carbonyl (C=O) groups is 1. The Hall–Kier alpha value is -3.70. The molecule has 1 saturated carbocycles. The zero-order valence-electron chi connectivity index (χ0n) is 23.5. The van der Waals surface area contributed by atoms with Crippen LogP contribution in [0.2, 0.25) is 5.15 Å². The summed E-state index contributed by atoms with van der Waals surface area (Å²) in [7, 11) is 1.82. The lowest BCUT2D eigenvalue weighted by Crippen LogP contribution is -2.28. The van der Waals surface area contributed by atoms with Gasteiger partial charge in [-0.2, -0.15) is 0 Å². The number of nitrogens with one attached hydrogen (secondary N) is 2. The van der Waals surface area contributed by atoms with Crippen LogP contribution in [0.15, 0.2) is 41.3 Å². The molecule has 10 nitrogen and oxygen atoms in total. The molecule has 0 radical (unpaired) electrons. The number of halogens is 1. The number of carbonyl (C=O) groups excluding carboxylic acids is 1. The molecule has 212 valence electrons. The van der Waals surface area contributed by atoms with Crippen LogP contribution < -0.4 is 20.5 Å². The van der Waals surface area contributed by atoms with Crippen molar-refractivity contribution in [2.24, 2.45) is 18.9 Å². The third kappa shape index (κ3) is 5.01. The van der Waals surface area contributed by atoms with E-state index < -0.39 is 0 Å². The number of piperidine rings is 1. The number of anilines is 2. The summed E-state index contributed by atoms with van der Waals surface area (Å²) in [5.41, 5.74) is 3.22. The highest BCUT2D eigenvalue weighted by atomic mass is 35.5. The van der Waals surface area contributed by atoms with Crippen LogP contribution in [0.1, 0.15) is 52.1 Å². The van der Waals surface area contributed by atoms with E-state index in [1.807, 2.05) is 46.0 Å². The minimum Gasteiger partial charge on any atom is -0.377 e. The van der Waals surface area contributed by atoms with Gasteiger partial charge in [-0.3, -0.25) is 18.9 Å². The second kappa shape index (κ2) is 10.6. The molecule has 1 aromatic carbocycles. The summed E-state index contributed by atoms with van der Waals surface area (Å²) in [5.74, 6) is 3.24. The van der Waals surface area contributed by atoms with Crippen LogP contribution >= 0.6 is 23.5 Å². The molecule has 0 spiro atoms. The second-order valence-electron chi connectivity index (χ2n) is 10.8. The van der Waals surface area contributed by atoms with E-state index in [1.54, 1.807) is 29.2 Å². The number of amides is 1. The maximum absolute atomic E-state index is 13.7. The standard InChI is InChI=1S/C29H31ClN8O2S/c1-14-10-17(15(2)32-21-6-7-22(30)34-26(21)28(39)36-41-5)25-18(11-14)29(40)37(4)27(35-25)24-19-12-38(13-20(19)24)23-8-9-31-16(3)33-23/h6-11,15,19-20,24,32H,12-13H2,1-5H3,(H,36,39). The van der Waals surface area contributed by atoms with E-state index in [1.165, 1.54) is 11.9 Å². The van der Waals surface area contributed by atoms with Gasteiger partial charge in [0.25, 0.3) is 11.5 Å². The summed E-state index contributed by atoms with van der Waals surface area (Å²) in [6.45, 7) is 7.62. The van der Waals surface area contributed by atoms with Crippen molar-refractivity contribution in [3.05, 3.63) is 80.5 Å². The Morgan fingerprint density at radius 1 is 1.12 bits per heavy atom. The number of rotatable bonds is 7. The molecule has 41 heavy (non-hydrogen) atoms. The van der Waals surface area contributed by atoms with Crippen molar-refractivity contribution < 1.29 is 4.79 Å². The van der Waals surface area contributed by atoms with Crippen LogP contribution in [0.5, 0.6) is 0 Å². The lowest BCUT2D eigenvalue weighted by Gasteiger charge is -2.22. The van der Waals surface area contributed by atoms with E-state index in [4.69, 9.17) is 16.6 Å². The summed E-state index contributed by atoms with van der Waals surface area (Å²) in [4.78, 5) is 46.8. The first-order chi connectivity index (χ1) is 19.7. The van der Waals surface area contributed by atoms with E-state index >= 15 is 0 Å². The number of fused-ring (bicyclic) bond motifs is 2. The SMILES string of the molecule is CSNC(=O)c1nc(Cl)ccc1NC(C)c1cc(C)cc2c(=O)n(C)c(C3C4CN(c5ccnc(C)n5)CC43)nc12. The molecule has 0 bridgehead atoms. The van der Waals surface area contributed by atoms with Crippen molar-refractivity contribution in [1.29, 1.82) is 0 Å². The minimum atomic E-state index is -0.343. The molecule has 6 rings (SSSR count). The van der Waals surface area contributed by atoms with Gasteiger partial charge in [-0.25, -0.2) is 19.9 Å². The Balaban J connectivity index is 1.33. The fraction of sp³-hybridized carbons (Fsp3) is 0.379. The number of hydrogen-bond acceptors (Lipinski definition) is 9. The maximum atomic E-state index is 13.7. The number of benzene rings is 1. The van der Waals surface area contributed by atoms with Gasteiger partial charge >= 0.3 is 0 Å². The number of aryl methyl sites for hydroxylation is 2. The molecule has 1 saturated heterocycles. The molecular formula is C29H31ClN8O2S. The van der Waals surface area contributed by atoms with E-state index in [9.17, 15) is 9.59 Å². The average Bonchev–Trinajstić information content (AvgIpc) is 3.42. The summed E-state index contributed by atoms with van der Waals surface area (Å²) < 4.78 is 4.43. The Kier molecular flexibility index (Phi) is 7.11. The molecule has 1 aliphatic heterocycles. The minimum absolute atomic E-state index is 0.0522. The van der Waals surface area contributed by atoms with Gasteiger partial charge < -0.3 is 10.2 Å². The summed E-state index contributed by atoms with van der Waals surface area (Å²) in [5, 5.41) is 4.23. The Labute approximate surface area is 247 Å².